The fourth-order valence-electron chi connectivity index (χ4n) is 3.65. The van der Waals surface area contributed by atoms with Crippen molar-refractivity contribution in [3.05, 3.63) is 95.6 Å². The molecule has 0 saturated carbocycles. The zero-order valence-corrected chi connectivity index (χ0v) is 18.6. The van der Waals surface area contributed by atoms with Gasteiger partial charge in [-0.25, -0.2) is 4.98 Å². The van der Waals surface area contributed by atoms with Crippen LogP contribution in [0.5, 0.6) is 5.75 Å². The topological polar surface area (TPSA) is 63.2 Å². The highest BCUT2D eigenvalue weighted by molar-refractivity contribution is 6.07. The number of amides is 1. The first-order valence-corrected chi connectivity index (χ1v) is 10.7. The third-order valence-electron chi connectivity index (χ3n) is 5.44. The summed E-state index contributed by atoms with van der Waals surface area (Å²) in [6.45, 7) is 4.71. The average molecular weight is 426 g/mol. The highest BCUT2D eigenvalue weighted by Crippen LogP contribution is 2.25. The molecule has 32 heavy (non-hydrogen) atoms. The number of fused-ring (bicyclic) bond motifs is 1. The maximum Gasteiger partial charge on any atom is 0.252 e. The number of carbonyl (C=O) groups excluding carboxylic acids is 1. The Hall–Kier alpha value is -3.86. The maximum atomic E-state index is 13.1. The largest absolute Gasteiger partial charge is 0.496 e. The monoisotopic (exact) mass is 425 g/mol. The number of ether oxygens (including phenoxy) is 1. The zero-order valence-electron chi connectivity index (χ0n) is 18.6. The molecule has 0 aliphatic rings. The fourth-order valence-corrected chi connectivity index (χ4v) is 3.65. The molecule has 0 spiro atoms. The summed E-state index contributed by atoms with van der Waals surface area (Å²) in [5.74, 6) is 1.69. The molecule has 0 aliphatic carbocycles. The number of benzene rings is 3. The highest BCUT2D eigenvalue weighted by Gasteiger charge is 2.14. The van der Waals surface area contributed by atoms with E-state index < -0.39 is 0 Å². The van der Waals surface area contributed by atoms with Gasteiger partial charge in [0.05, 0.1) is 18.2 Å². The normalized spacial score (nSPS) is 10.9. The SMILES string of the molecule is COc1ccccc1CNC(=O)c1cc(Nc2ccc(C(C)C)cc2)nc2ccccc12. The summed E-state index contributed by atoms with van der Waals surface area (Å²) in [7, 11) is 1.63. The van der Waals surface area contributed by atoms with Crippen LogP contribution in [0.3, 0.4) is 0 Å². The molecule has 0 radical (unpaired) electrons. The van der Waals surface area contributed by atoms with Crippen LogP contribution in [0.4, 0.5) is 11.5 Å². The maximum absolute atomic E-state index is 13.1. The van der Waals surface area contributed by atoms with Crippen molar-refractivity contribution in [3.8, 4) is 5.75 Å². The van der Waals surface area contributed by atoms with E-state index in [9.17, 15) is 4.79 Å². The number of rotatable bonds is 7. The van der Waals surface area contributed by atoms with Crippen molar-refractivity contribution in [2.24, 2.45) is 0 Å². The molecule has 0 saturated heterocycles. The van der Waals surface area contributed by atoms with Crippen LogP contribution in [0.25, 0.3) is 10.9 Å². The van der Waals surface area contributed by atoms with Gasteiger partial charge >= 0.3 is 0 Å². The Balaban J connectivity index is 1.61. The van der Waals surface area contributed by atoms with Crippen LogP contribution in [-0.2, 0) is 6.54 Å². The van der Waals surface area contributed by atoms with E-state index in [-0.39, 0.29) is 5.91 Å². The minimum absolute atomic E-state index is 0.160. The summed E-state index contributed by atoms with van der Waals surface area (Å²) >= 11 is 0. The van der Waals surface area contributed by atoms with E-state index in [0.29, 0.717) is 23.8 Å². The van der Waals surface area contributed by atoms with Crippen LogP contribution in [0.15, 0.2) is 78.9 Å². The number of hydrogen-bond acceptors (Lipinski definition) is 4. The molecule has 5 nitrogen and oxygen atoms in total. The molecule has 3 aromatic carbocycles. The Kier molecular flexibility index (Phi) is 6.36. The summed E-state index contributed by atoms with van der Waals surface area (Å²) in [4.78, 5) is 17.9. The average Bonchev–Trinajstić information content (AvgIpc) is 2.82. The molecule has 0 bridgehead atoms. The Morgan fingerprint density at radius 3 is 2.44 bits per heavy atom. The summed E-state index contributed by atoms with van der Waals surface area (Å²) in [6.07, 6.45) is 0. The number of anilines is 2. The van der Waals surface area contributed by atoms with Crippen LogP contribution < -0.4 is 15.4 Å². The van der Waals surface area contributed by atoms with Gasteiger partial charge in [-0.15, -0.1) is 0 Å². The van der Waals surface area contributed by atoms with Gasteiger partial charge in [0.2, 0.25) is 0 Å². The molecule has 0 aliphatic heterocycles. The quantitative estimate of drug-likeness (QED) is 0.379. The number of pyridine rings is 1. The number of methoxy groups -OCH3 is 1. The summed E-state index contributed by atoms with van der Waals surface area (Å²) < 4.78 is 5.39. The van der Waals surface area contributed by atoms with Crippen molar-refractivity contribution in [1.29, 1.82) is 0 Å². The van der Waals surface area contributed by atoms with Crippen molar-refractivity contribution in [2.75, 3.05) is 12.4 Å². The van der Waals surface area contributed by atoms with Crippen molar-refractivity contribution in [3.63, 3.8) is 0 Å². The number of nitrogens with one attached hydrogen (secondary N) is 2. The lowest BCUT2D eigenvalue weighted by Gasteiger charge is -2.13. The zero-order chi connectivity index (χ0) is 22.5. The summed E-state index contributed by atoms with van der Waals surface area (Å²) in [6, 6.07) is 25.4. The Morgan fingerprint density at radius 2 is 1.69 bits per heavy atom. The van der Waals surface area contributed by atoms with Crippen molar-refractivity contribution in [1.82, 2.24) is 10.3 Å². The lowest BCUT2D eigenvalue weighted by atomic mass is 10.0. The van der Waals surface area contributed by atoms with Crippen molar-refractivity contribution in [2.45, 2.75) is 26.3 Å². The summed E-state index contributed by atoms with van der Waals surface area (Å²) in [5.41, 5.74) is 4.46. The van der Waals surface area contributed by atoms with Crippen molar-refractivity contribution >= 4 is 28.3 Å². The number of hydrogen-bond donors (Lipinski definition) is 2. The molecule has 0 fully saturated rings. The van der Waals surface area contributed by atoms with Gasteiger partial charge in [-0.1, -0.05) is 62.4 Å². The van der Waals surface area contributed by atoms with E-state index in [2.05, 4.69) is 36.6 Å². The van der Waals surface area contributed by atoms with Gasteiger partial charge in [0.15, 0.2) is 0 Å². The van der Waals surface area contributed by atoms with Crippen LogP contribution in [0.1, 0.15) is 41.3 Å². The van der Waals surface area contributed by atoms with Gasteiger partial charge < -0.3 is 15.4 Å². The van der Waals surface area contributed by atoms with Crippen LogP contribution in [-0.4, -0.2) is 18.0 Å². The standard InChI is InChI=1S/C27H27N3O2/c1-18(2)19-12-14-21(15-13-19)29-26-16-23(22-9-5-6-10-24(22)30-26)27(31)28-17-20-8-4-7-11-25(20)32-3/h4-16,18H,17H2,1-3H3,(H,28,31)(H,29,30). The molecule has 0 atom stereocenters. The van der Waals surface area contributed by atoms with Gasteiger partial charge in [0.25, 0.3) is 5.91 Å². The Bertz CT molecular complexity index is 1230. The number of carbonyl (C=O) groups is 1. The minimum atomic E-state index is -0.160. The molecule has 162 valence electrons. The molecular formula is C27H27N3O2. The molecule has 1 amide bonds. The van der Waals surface area contributed by atoms with E-state index in [0.717, 1.165) is 27.9 Å². The fraction of sp³-hybridized carbons (Fsp3) is 0.185. The first-order valence-electron chi connectivity index (χ1n) is 10.7. The van der Waals surface area contributed by atoms with Gasteiger partial charge in [-0.3, -0.25) is 4.79 Å². The van der Waals surface area contributed by atoms with E-state index >= 15 is 0 Å². The second-order valence-electron chi connectivity index (χ2n) is 7.97. The Labute approximate surface area is 188 Å². The molecule has 4 aromatic rings. The molecule has 1 aromatic heterocycles. The molecule has 4 rings (SSSR count). The molecule has 1 heterocycles. The highest BCUT2D eigenvalue weighted by atomic mass is 16.5. The van der Waals surface area contributed by atoms with Gasteiger partial charge in [-0.05, 0) is 41.8 Å². The predicted octanol–water partition coefficient (Wildman–Crippen LogP) is 6.04. The lowest BCUT2D eigenvalue weighted by Crippen LogP contribution is -2.23. The van der Waals surface area contributed by atoms with Gasteiger partial charge in [0.1, 0.15) is 11.6 Å². The smallest absolute Gasteiger partial charge is 0.252 e. The first kappa shape index (κ1) is 21.4. The summed E-state index contributed by atoms with van der Waals surface area (Å²) in [5, 5.41) is 7.17. The molecular weight excluding hydrogens is 398 g/mol. The number of para-hydroxylation sites is 2. The van der Waals surface area contributed by atoms with E-state index in [4.69, 9.17) is 9.72 Å². The van der Waals surface area contributed by atoms with Crippen LogP contribution in [0.2, 0.25) is 0 Å². The Morgan fingerprint density at radius 1 is 0.969 bits per heavy atom. The van der Waals surface area contributed by atoms with E-state index in [1.54, 1.807) is 13.2 Å². The number of aromatic nitrogens is 1. The second-order valence-corrected chi connectivity index (χ2v) is 7.97. The van der Waals surface area contributed by atoms with Crippen LogP contribution in [0, 0.1) is 0 Å². The molecule has 5 heteroatoms. The van der Waals surface area contributed by atoms with E-state index in [1.165, 1.54) is 5.56 Å². The molecule has 2 N–H and O–H groups in total. The van der Waals surface area contributed by atoms with Gasteiger partial charge in [0, 0.05) is 23.2 Å². The third kappa shape index (κ3) is 4.72. The second kappa shape index (κ2) is 9.52. The minimum Gasteiger partial charge on any atom is -0.496 e. The van der Waals surface area contributed by atoms with Crippen molar-refractivity contribution < 1.29 is 9.53 Å². The number of nitrogens with zero attached hydrogens (tertiary/aromatic N) is 1. The third-order valence-corrected chi connectivity index (χ3v) is 5.44. The first-order chi connectivity index (χ1) is 15.5. The van der Waals surface area contributed by atoms with E-state index in [1.807, 2.05) is 60.7 Å². The van der Waals surface area contributed by atoms with Crippen LogP contribution >= 0.6 is 0 Å². The predicted molar refractivity (Wildman–Crippen MR) is 130 cm³/mol. The molecule has 0 unspecified atom stereocenters. The van der Waals surface area contributed by atoms with Gasteiger partial charge in [-0.2, -0.15) is 0 Å². The lowest BCUT2D eigenvalue weighted by molar-refractivity contribution is 0.0952.